The van der Waals surface area contributed by atoms with Crippen molar-refractivity contribution in [3.63, 3.8) is 0 Å². The molecular formula is C23H21N5O4S. The van der Waals surface area contributed by atoms with E-state index in [1.165, 1.54) is 23.8 Å². The van der Waals surface area contributed by atoms with Gasteiger partial charge < -0.3 is 10.1 Å². The summed E-state index contributed by atoms with van der Waals surface area (Å²) in [6, 6.07) is 12.0. The first kappa shape index (κ1) is 21.1. The largest absolute Gasteiger partial charge is 0.482 e. The number of ether oxygens (including phenoxy) is 1. The second-order valence-electron chi connectivity index (χ2n) is 7.85. The first-order chi connectivity index (χ1) is 16.1. The maximum Gasteiger partial charge on any atom is 0.294 e. The molecule has 33 heavy (non-hydrogen) atoms. The lowest BCUT2D eigenvalue weighted by Crippen LogP contribution is -2.25. The number of thiazole rings is 1. The Kier molecular flexibility index (Phi) is 5.74. The van der Waals surface area contributed by atoms with E-state index in [1.807, 2.05) is 23.6 Å². The van der Waals surface area contributed by atoms with Crippen LogP contribution in [0.25, 0.3) is 11.3 Å². The van der Waals surface area contributed by atoms with Crippen molar-refractivity contribution in [3.8, 4) is 17.0 Å². The summed E-state index contributed by atoms with van der Waals surface area (Å²) in [5.41, 5.74) is 3.53. The maximum absolute atomic E-state index is 11.8. The van der Waals surface area contributed by atoms with Crippen molar-refractivity contribution in [2.24, 2.45) is 10.1 Å². The second kappa shape index (κ2) is 8.99. The average molecular weight is 464 g/mol. The summed E-state index contributed by atoms with van der Waals surface area (Å²) in [5.74, 6) is 0.413. The highest BCUT2D eigenvalue weighted by molar-refractivity contribution is 7.07. The Morgan fingerprint density at radius 1 is 1.12 bits per heavy atom. The Labute approximate surface area is 193 Å². The van der Waals surface area contributed by atoms with Crippen LogP contribution in [-0.4, -0.2) is 27.8 Å². The number of anilines is 1. The van der Waals surface area contributed by atoms with Gasteiger partial charge in [0.1, 0.15) is 11.4 Å². The molecule has 5 rings (SSSR count). The number of carbonyl (C=O) groups is 1. The van der Waals surface area contributed by atoms with E-state index >= 15 is 0 Å². The fourth-order valence-electron chi connectivity index (χ4n) is 3.93. The van der Waals surface area contributed by atoms with Gasteiger partial charge in [0.15, 0.2) is 6.61 Å². The minimum atomic E-state index is -0.434. The lowest BCUT2D eigenvalue weighted by Gasteiger charge is -2.18. The SMILES string of the molecule is O=C1COc2ccc(-c3csc(=Nc4ccccc4[N+](=O)[O-])n3N=C3CCCCC3)cc2N1. The quantitative estimate of drug-likeness (QED) is 0.440. The highest BCUT2D eigenvalue weighted by Gasteiger charge is 2.19. The van der Waals surface area contributed by atoms with E-state index in [0.29, 0.717) is 16.2 Å². The number of fused-ring (bicyclic) bond motifs is 1. The first-order valence-corrected chi connectivity index (χ1v) is 11.6. The molecule has 2 heterocycles. The highest BCUT2D eigenvalue weighted by Crippen LogP contribution is 2.33. The number of hydrogen-bond acceptors (Lipinski definition) is 7. The number of aromatic nitrogens is 1. The van der Waals surface area contributed by atoms with Gasteiger partial charge in [0.05, 0.1) is 16.3 Å². The summed E-state index contributed by atoms with van der Waals surface area (Å²) in [6.45, 7) is -0.00264. The van der Waals surface area contributed by atoms with Gasteiger partial charge in [-0.1, -0.05) is 18.6 Å². The summed E-state index contributed by atoms with van der Waals surface area (Å²) >= 11 is 1.36. The topological polar surface area (TPSA) is 111 Å². The Bertz CT molecular complexity index is 1330. The van der Waals surface area contributed by atoms with E-state index < -0.39 is 4.92 Å². The predicted molar refractivity (Wildman–Crippen MR) is 126 cm³/mol. The van der Waals surface area contributed by atoms with Crippen LogP contribution < -0.4 is 14.9 Å². The molecule has 1 aliphatic carbocycles. The van der Waals surface area contributed by atoms with E-state index in [9.17, 15) is 14.9 Å². The van der Waals surface area contributed by atoms with Crippen LogP contribution in [-0.2, 0) is 4.79 Å². The molecule has 1 aromatic heterocycles. The van der Waals surface area contributed by atoms with Crippen molar-refractivity contribution in [2.75, 3.05) is 11.9 Å². The van der Waals surface area contributed by atoms with Gasteiger partial charge in [-0.05, 0) is 49.9 Å². The number of nitro groups is 1. The molecule has 9 nitrogen and oxygen atoms in total. The molecule has 1 N–H and O–H groups in total. The van der Waals surface area contributed by atoms with Crippen molar-refractivity contribution in [1.29, 1.82) is 0 Å². The molecule has 2 aliphatic rings. The third kappa shape index (κ3) is 4.42. The van der Waals surface area contributed by atoms with Crippen molar-refractivity contribution in [1.82, 2.24) is 4.68 Å². The number of nitro benzene ring substituents is 1. The minimum Gasteiger partial charge on any atom is -0.482 e. The number of nitrogens with one attached hydrogen (secondary N) is 1. The van der Waals surface area contributed by atoms with E-state index in [4.69, 9.17) is 9.84 Å². The average Bonchev–Trinajstić information content (AvgIpc) is 3.21. The fourth-order valence-corrected chi connectivity index (χ4v) is 4.78. The van der Waals surface area contributed by atoms with E-state index in [2.05, 4.69) is 10.3 Å². The van der Waals surface area contributed by atoms with Crippen LogP contribution in [0.5, 0.6) is 5.75 Å². The normalized spacial score (nSPS) is 16.1. The molecule has 0 atom stereocenters. The maximum atomic E-state index is 11.8. The molecule has 1 aliphatic heterocycles. The van der Waals surface area contributed by atoms with Gasteiger partial charge in [0, 0.05) is 22.7 Å². The van der Waals surface area contributed by atoms with Crippen LogP contribution in [0.15, 0.2) is 57.9 Å². The number of carbonyl (C=O) groups excluding carboxylic acids is 1. The first-order valence-electron chi connectivity index (χ1n) is 10.7. The zero-order valence-electron chi connectivity index (χ0n) is 17.7. The number of nitrogens with zero attached hydrogens (tertiary/aromatic N) is 4. The molecule has 0 unspecified atom stereocenters. The second-order valence-corrected chi connectivity index (χ2v) is 8.68. The molecule has 0 saturated heterocycles. The van der Waals surface area contributed by atoms with Gasteiger partial charge in [-0.25, -0.2) is 9.67 Å². The van der Waals surface area contributed by atoms with Crippen molar-refractivity contribution < 1.29 is 14.5 Å². The van der Waals surface area contributed by atoms with Crippen LogP contribution in [0.2, 0.25) is 0 Å². The molecular weight excluding hydrogens is 442 g/mol. The van der Waals surface area contributed by atoms with Crippen LogP contribution in [0.4, 0.5) is 17.1 Å². The smallest absolute Gasteiger partial charge is 0.294 e. The van der Waals surface area contributed by atoms with Crippen molar-refractivity contribution in [2.45, 2.75) is 32.1 Å². The van der Waals surface area contributed by atoms with Crippen LogP contribution in [0.3, 0.4) is 0 Å². The monoisotopic (exact) mass is 463 g/mol. The number of rotatable bonds is 4. The Morgan fingerprint density at radius 3 is 2.76 bits per heavy atom. The van der Waals surface area contributed by atoms with Crippen LogP contribution in [0, 0.1) is 10.1 Å². The van der Waals surface area contributed by atoms with Crippen molar-refractivity contribution >= 4 is 40.0 Å². The number of para-hydroxylation sites is 2. The van der Waals surface area contributed by atoms with Crippen LogP contribution in [0.1, 0.15) is 32.1 Å². The summed E-state index contributed by atoms with van der Waals surface area (Å²) in [5, 5.41) is 21.1. The number of amides is 1. The van der Waals surface area contributed by atoms with Gasteiger partial charge in [0.2, 0.25) is 4.80 Å². The lowest BCUT2D eigenvalue weighted by atomic mass is 9.99. The summed E-state index contributed by atoms with van der Waals surface area (Å²) in [7, 11) is 0. The summed E-state index contributed by atoms with van der Waals surface area (Å²) in [4.78, 5) is 28.0. The standard InChI is InChI=1S/C23H21N5O4S/c29-22-13-32-21-11-10-15(12-18(21)24-22)20-14-33-23(27(20)26-16-6-2-1-3-7-16)25-17-8-4-5-9-19(17)28(30)31/h4-5,8-12,14H,1-3,6-7,13H2,(H,24,29). The summed E-state index contributed by atoms with van der Waals surface area (Å²) < 4.78 is 7.23. The van der Waals surface area contributed by atoms with Crippen molar-refractivity contribution in [3.05, 3.63) is 62.8 Å². The third-order valence-corrected chi connectivity index (χ3v) is 6.38. The number of hydrogen-bond donors (Lipinski definition) is 1. The zero-order chi connectivity index (χ0) is 22.8. The van der Waals surface area contributed by atoms with Gasteiger partial charge >= 0.3 is 0 Å². The highest BCUT2D eigenvalue weighted by atomic mass is 32.1. The molecule has 0 spiro atoms. The predicted octanol–water partition coefficient (Wildman–Crippen LogP) is 4.86. The van der Waals surface area contributed by atoms with Gasteiger partial charge in [-0.3, -0.25) is 14.9 Å². The van der Waals surface area contributed by atoms with Gasteiger partial charge in [-0.15, -0.1) is 11.3 Å². The van der Waals surface area contributed by atoms with E-state index in [-0.39, 0.29) is 23.9 Å². The third-order valence-electron chi connectivity index (χ3n) is 5.56. The number of benzene rings is 2. The fraction of sp³-hybridized carbons (Fsp3) is 0.261. The lowest BCUT2D eigenvalue weighted by molar-refractivity contribution is -0.384. The summed E-state index contributed by atoms with van der Waals surface area (Å²) in [6.07, 6.45) is 5.22. The molecule has 10 heteroatoms. The molecule has 0 bridgehead atoms. The molecule has 1 amide bonds. The molecule has 3 aromatic rings. The molecule has 2 aromatic carbocycles. The minimum absolute atomic E-state index is 0.00264. The molecule has 0 radical (unpaired) electrons. The Balaban J connectivity index is 1.66. The Hall–Kier alpha value is -3.79. The van der Waals surface area contributed by atoms with E-state index in [0.717, 1.165) is 42.7 Å². The molecule has 168 valence electrons. The zero-order valence-corrected chi connectivity index (χ0v) is 18.5. The van der Waals surface area contributed by atoms with Gasteiger partial charge in [0.25, 0.3) is 11.6 Å². The van der Waals surface area contributed by atoms with Gasteiger partial charge in [-0.2, -0.15) is 5.10 Å². The Morgan fingerprint density at radius 2 is 1.94 bits per heavy atom. The van der Waals surface area contributed by atoms with Crippen LogP contribution >= 0.6 is 11.3 Å². The molecule has 1 fully saturated rings. The van der Waals surface area contributed by atoms with E-state index in [1.54, 1.807) is 22.9 Å². The molecule has 1 saturated carbocycles.